The minimum Gasteiger partial charge on any atom is -0.368 e. The number of hydrogen-bond donors (Lipinski definition) is 0. The van der Waals surface area contributed by atoms with Gasteiger partial charge in [-0.2, -0.15) is 0 Å². The first-order valence-electron chi connectivity index (χ1n) is 3.52. The van der Waals surface area contributed by atoms with Gasteiger partial charge in [0.05, 0.1) is 0 Å². The van der Waals surface area contributed by atoms with Crippen LogP contribution in [0.15, 0.2) is 0 Å². The van der Waals surface area contributed by atoms with Crippen molar-refractivity contribution in [1.82, 2.24) is 0 Å². The van der Waals surface area contributed by atoms with Gasteiger partial charge in [-0.05, 0) is 18.8 Å². The first-order valence-corrected chi connectivity index (χ1v) is 4.65. The monoisotopic (exact) mass is 214 g/mol. The van der Waals surface area contributed by atoms with E-state index in [4.69, 9.17) is 39.5 Å². The van der Waals surface area contributed by atoms with Crippen LogP contribution in [0.5, 0.6) is 0 Å². The molecular weight excluding hydrogens is 206 g/mol. The van der Waals surface area contributed by atoms with Gasteiger partial charge in [0.15, 0.2) is 3.79 Å². The lowest BCUT2D eigenvalue weighted by Crippen LogP contribution is -2.18. The number of rotatable bonds is 1. The van der Waals surface area contributed by atoms with Crippen LogP contribution in [-0.4, -0.2) is 10.4 Å². The SMILES string of the molecule is ClC(Cl)(Cl)CC1[C]OCCC1. The van der Waals surface area contributed by atoms with Crippen LogP contribution < -0.4 is 0 Å². The van der Waals surface area contributed by atoms with Crippen molar-refractivity contribution in [3.63, 3.8) is 0 Å². The molecule has 1 heterocycles. The quantitative estimate of drug-likeness (QED) is 0.610. The number of hydrogen-bond acceptors (Lipinski definition) is 1. The minimum atomic E-state index is -1.17. The normalized spacial score (nSPS) is 27.0. The van der Waals surface area contributed by atoms with Gasteiger partial charge in [-0.1, -0.05) is 34.8 Å². The first-order chi connectivity index (χ1) is 5.08. The van der Waals surface area contributed by atoms with Crippen molar-refractivity contribution in [2.24, 2.45) is 5.92 Å². The molecular formula is C7H9Cl3O. The molecule has 1 fully saturated rings. The fourth-order valence-corrected chi connectivity index (χ4v) is 1.62. The van der Waals surface area contributed by atoms with Gasteiger partial charge in [-0.15, -0.1) is 0 Å². The summed E-state index contributed by atoms with van der Waals surface area (Å²) in [5.41, 5.74) is 0. The van der Waals surface area contributed by atoms with E-state index in [0.717, 1.165) is 19.4 Å². The summed E-state index contributed by atoms with van der Waals surface area (Å²) in [6.45, 7) is 3.57. The van der Waals surface area contributed by atoms with Gasteiger partial charge in [0.25, 0.3) is 0 Å². The predicted octanol–water partition coefficient (Wildman–Crippen LogP) is 3.21. The van der Waals surface area contributed by atoms with Crippen LogP contribution >= 0.6 is 34.8 Å². The van der Waals surface area contributed by atoms with Gasteiger partial charge >= 0.3 is 0 Å². The summed E-state index contributed by atoms with van der Waals surface area (Å²) < 4.78 is 3.83. The molecule has 1 aliphatic heterocycles. The molecule has 0 saturated carbocycles. The van der Waals surface area contributed by atoms with Gasteiger partial charge in [0.2, 0.25) is 0 Å². The third-order valence-corrected chi connectivity index (χ3v) is 1.99. The molecule has 0 aromatic heterocycles. The zero-order valence-corrected chi connectivity index (χ0v) is 8.22. The summed E-state index contributed by atoms with van der Waals surface area (Å²) in [5, 5.41) is 0. The Bertz CT molecular complexity index is 115. The summed E-state index contributed by atoms with van der Waals surface area (Å²) in [4.78, 5) is 0. The zero-order valence-electron chi connectivity index (χ0n) is 5.95. The van der Waals surface area contributed by atoms with Crippen molar-refractivity contribution in [2.75, 3.05) is 6.61 Å². The van der Waals surface area contributed by atoms with Crippen molar-refractivity contribution in [2.45, 2.75) is 23.1 Å². The van der Waals surface area contributed by atoms with Crippen molar-refractivity contribution in [3.8, 4) is 0 Å². The van der Waals surface area contributed by atoms with E-state index >= 15 is 0 Å². The average Bonchev–Trinajstić information content (AvgIpc) is 1.85. The standard InChI is InChI=1S/C7H9Cl3O/c8-7(9,10)4-6-2-1-3-11-5-6/h6H,1-4H2. The maximum Gasteiger partial charge on any atom is 0.191 e. The van der Waals surface area contributed by atoms with Crippen LogP contribution in [0.25, 0.3) is 0 Å². The van der Waals surface area contributed by atoms with Gasteiger partial charge in [0.1, 0.15) is 6.61 Å². The smallest absolute Gasteiger partial charge is 0.191 e. The van der Waals surface area contributed by atoms with E-state index in [0.29, 0.717) is 6.42 Å². The number of ether oxygens (including phenoxy) is 1. The molecule has 0 spiro atoms. The lowest BCUT2D eigenvalue weighted by molar-refractivity contribution is 0.113. The van der Waals surface area contributed by atoms with Crippen LogP contribution in [0.1, 0.15) is 19.3 Å². The van der Waals surface area contributed by atoms with Crippen molar-refractivity contribution < 1.29 is 4.74 Å². The van der Waals surface area contributed by atoms with Gasteiger partial charge in [-0.3, -0.25) is 0 Å². The number of alkyl halides is 3. The van der Waals surface area contributed by atoms with Crippen LogP contribution in [0.4, 0.5) is 0 Å². The molecule has 1 atom stereocenters. The van der Waals surface area contributed by atoms with Crippen molar-refractivity contribution >= 4 is 34.8 Å². The first kappa shape index (κ1) is 9.91. The fourth-order valence-electron chi connectivity index (χ4n) is 1.06. The highest BCUT2D eigenvalue weighted by atomic mass is 35.6. The van der Waals surface area contributed by atoms with Crippen LogP contribution in [0, 0.1) is 12.5 Å². The van der Waals surface area contributed by atoms with Crippen LogP contribution in [0.3, 0.4) is 0 Å². The third-order valence-electron chi connectivity index (χ3n) is 1.53. The Morgan fingerprint density at radius 3 is 2.64 bits per heavy atom. The largest absolute Gasteiger partial charge is 0.368 e. The second kappa shape index (κ2) is 4.18. The molecule has 11 heavy (non-hydrogen) atoms. The summed E-state index contributed by atoms with van der Waals surface area (Å²) in [6, 6.07) is 0. The third kappa shape index (κ3) is 4.41. The van der Waals surface area contributed by atoms with E-state index in [-0.39, 0.29) is 5.92 Å². The van der Waals surface area contributed by atoms with E-state index < -0.39 is 3.79 Å². The van der Waals surface area contributed by atoms with Crippen LogP contribution in [-0.2, 0) is 4.74 Å². The topological polar surface area (TPSA) is 9.23 Å². The molecule has 0 N–H and O–H groups in total. The van der Waals surface area contributed by atoms with Crippen molar-refractivity contribution in [1.29, 1.82) is 0 Å². The van der Waals surface area contributed by atoms with E-state index in [2.05, 4.69) is 6.61 Å². The Morgan fingerprint density at radius 2 is 2.18 bits per heavy atom. The van der Waals surface area contributed by atoms with E-state index in [9.17, 15) is 0 Å². The summed E-state index contributed by atoms with van der Waals surface area (Å²) >= 11 is 16.8. The zero-order chi connectivity index (χ0) is 8.32. The van der Waals surface area contributed by atoms with E-state index in [1.165, 1.54) is 0 Å². The molecule has 2 radical (unpaired) electrons. The molecule has 0 aromatic carbocycles. The second-order valence-electron chi connectivity index (χ2n) is 2.62. The van der Waals surface area contributed by atoms with Gasteiger partial charge in [0, 0.05) is 13.0 Å². The molecule has 0 bridgehead atoms. The molecule has 1 unspecified atom stereocenters. The van der Waals surface area contributed by atoms with Gasteiger partial charge < -0.3 is 4.74 Å². The van der Waals surface area contributed by atoms with Gasteiger partial charge in [-0.25, -0.2) is 0 Å². The Hall–Kier alpha value is 0.830. The Morgan fingerprint density at radius 1 is 1.45 bits per heavy atom. The molecule has 0 aromatic rings. The minimum absolute atomic E-state index is 0.177. The van der Waals surface area contributed by atoms with Crippen LogP contribution in [0.2, 0.25) is 0 Å². The Labute approximate surface area is 81.9 Å². The average molecular weight is 216 g/mol. The predicted molar refractivity (Wildman–Crippen MR) is 46.8 cm³/mol. The molecule has 64 valence electrons. The summed E-state index contributed by atoms with van der Waals surface area (Å²) in [7, 11) is 0. The fraction of sp³-hybridized carbons (Fsp3) is 0.857. The molecule has 1 nitrogen and oxygen atoms in total. The molecule has 1 saturated heterocycles. The summed E-state index contributed by atoms with van der Waals surface area (Å²) in [6.07, 6.45) is 2.53. The lowest BCUT2D eigenvalue weighted by Gasteiger charge is -2.23. The molecule has 0 amide bonds. The molecule has 4 heteroatoms. The van der Waals surface area contributed by atoms with E-state index in [1.807, 2.05) is 0 Å². The molecule has 1 aliphatic rings. The highest BCUT2D eigenvalue weighted by Gasteiger charge is 2.27. The molecule has 0 aliphatic carbocycles. The second-order valence-corrected chi connectivity index (χ2v) is 5.14. The Kier molecular flexibility index (Phi) is 3.76. The highest BCUT2D eigenvalue weighted by Crippen LogP contribution is 2.36. The van der Waals surface area contributed by atoms with Crippen molar-refractivity contribution in [3.05, 3.63) is 6.61 Å². The van der Waals surface area contributed by atoms with E-state index in [1.54, 1.807) is 0 Å². The number of halogens is 3. The highest BCUT2D eigenvalue weighted by molar-refractivity contribution is 6.67. The Balaban J connectivity index is 2.24. The maximum absolute atomic E-state index is 5.60. The lowest BCUT2D eigenvalue weighted by atomic mass is 10.00. The molecule has 1 rings (SSSR count). The maximum atomic E-state index is 5.60. The summed E-state index contributed by atoms with van der Waals surface area (Å²) in [5.74, 6) is 0.177.